The van der Waals surface area contributed by atoms with E-state index in [9.17, 15) is 14.4 Å². The van der Waals surface area contributed by atoms with Gasteiger partial charge < -0.3 is 29.2 Å². The third kappa shape index (κ3) is 5.55. The number of amides is 1. The number of carbonyl (C=O) groups is 2. The Balaban J connectivity index is 2.06. The first kappa shape index (κ1) is 24.3. The van der Waals surface area contributed by atoms with Crippen molar-refractivity contribution >= 4 is 28.9 Å². The molecule has 1 atom stereocenters. The van der Waals surface area contributed by atoms with Crippen LogP contribution in [0.25, 0.3) is 11.0 Å². The summed E-state index contributed by atoms with van der Waals surface area (Å²) in [6, 6.07) is -0.180. The molecule has 1 unspecified atom stereocenters. The van der Waals surface area contributed by atoms with Gasteiger partial charge in [-0.05, 0) is 47.5 Å². The van der Waals surface area contributed by atoms with Gasteiger partial charge in [0.1, 0.15) is 28.0 Å². The van der Waals surface area contributed by atoms with Crippen molar-refractivity contribution in [1.29, 1.82) is 0 Å². The summed E-state index contributed by atoms with van der Waals surface area (Å²) in [5, 5.41) is 2.93. The number of alkyl carbamates (subject to hydrolysis) is 1. The molecule has 1 saturated heterocycles. The molecule has 0 saturated carbocycles. The smallest absolute Gasteiger partial charge is 0.407 e. The number of aromatic amines is 1. The molecule has 2 N–H and O–H groups in total. The quantitative estimate of drug-likeness (QED) is 0.521. The van der Waals surface area contributed by atoms with E-state index >= 15 is 0 Å². The number of aromatic nitrogens is 3. The Morgan fingerprint density at radius 2 is 2.06 bits per heavy atom. The molecule has 180 valence electrons. The summed E-state index contributed by atoms with van der Waals surface area (Å²) in [4.78, 5) is 46.9. The minimum absolute atomic E-state index is 0.180. The van der Waals surface area contributed by atoms with E-state index in [-0.39, 0.29) is 17.2 Å². The zero-order valence-electron chi connectivity index (χ0n) is 20.2. The van der Waals surface area contributed by atoms with Gasteiger partial charge >= 0.3 is 12.1 Å². The highest BCUT2D eigenvalue weighted by Gasteiger charge is 2.32. The number of nitrogens with one attached hydrogen (secondary N) is 2. The summed E-state index contributed by atoms with van der Waals surface area (Å²) in [6.07, 6.45) is 4.35. The number of rotatable bonds is 5. The fourth-order valence-electron chi connectivity index (χ4n) is 4.00. The lowest BCUT2D eigenvalue weighted by Crippen LogP contribution is -2.49. The third-order valence-corrected chi connectivity index (χ3v) is 5.33. The van der Waals surface area contributed by atoms with Crippen molar-refractivity contribution in [3.8, 4) is 0 Å². The molecule has 10 heteroatoms. The maximum atomic E-state index is 12.9. The Kier molecular flexibility index (Phi) is 7.14. The lowest BCUT2D eigenvalue weighted by Gasteiger charge is -2.35. The van der Waals surface area contributed by atoms with E-state index in [0.29, 0.717) is 36.5 Å². The lowest BCUT2D eigenvalue weighted by atomic mass is 10.1. The largest absolute Gasteiger partial charge is 0.465 e. The fourth-order valence-corrected chi connectivity index (χ4v) is 4.00. The number of ether oxygens (including phenoxy) is 2. The number of fused-ring (bicyclic) bond motifs is 1. The molecule has 0 aromatic carbocycles. The van der Waals surface area contributed by atoms with Crippen molar-refractivity contribution in [2.24, 2.45) is 0 Å². The van der Waals surface area contributed by atoms with Gasteiger partial charge in [-0.2, -0.15) is 0 Å². The van der Waals surface area contributed by atoms with E-state index in [4.69, 9.17) is 9.47 Å². The maximum Gasteiger partial charge on any atom is 0.407 e. The molecule has 2 aromatic heterocycles. The molecule has 33 heavy (non-hydrogen) atoms. The minimum Gasteiger partial charge on any atom is -0.465 e. The normalized spacial score (nSPS) is 16.4. The number of allylic oxidation sites excluding steroid dienone is 2. The second-order valence-electron chi connectivity index (χ2n) is 9.44. The van der Waals surface area contributed by atoms with Crippen LogP contribution in [0.3, 0.4) is 0 Å². The van der Waals surface area contributed by atoms with Gasteiger partial charge in [-0.15, -0.1) is 0 Å². The second-order valence-corrected chi connectivity index (χ2v) is 9.44. The molecule has 0 aliphatic carbocycles. The Morgan fingerprint density at radius 3 is 2.70 bits per heavy atom. The monoisotopic (exact) mass is 459 g/mol. The van der Waals surface area contributed by atoms with Gasteiger partial charge in [-0.3, -0.25) is 4.79 Å². The predicted octanol–water partition coefficient (Wildman–Crippen LogP) is 2.97. The summed E-state index contributed by atoms with van der Waals surface area (Å²) in [7, 11) is 1.31. The second kappa shape index (κ2) is 9.68. The van der Waals surface area contributed by atoms with Gasteiger partial charge in [-0.25, -0.2) is 14.6 Å². The van der Waals surface area contributed by atoms with Crippen LogP contribution in [0.4, 0.5) is 10.6 Å². The molecule has 0 radical (unpaired) electrons. The number of hydrogen-bond donors (Lipinski definition) is 2. The van der Waals surface area contributed by atoms with Crippen LogP contribution in [0.5, 0.6) is 0 Å². The SMILES string of the molecule is COC(=O)c1c(N2CCCC(NC(=O)OC(C)(C)C)C2)n(CC=C(C)C)c2c(=O)[nH]cnc12. The molecule has 0 bridgehead atoms. The molecular weight excluding hydrogens is 426 g/mol. The van der Waals surface area contributed by atoms with Crippen LogP contribution >= 0.6 is 0 Å². The van der Waals surface area contributed by atoms with E-state index < -0.39 is 17.7 Å². The highest BCUT2D eigenvalue weighted by Crippen LogP contribution is 2.33. The minimum atomic E-state index is -0.597. The molecule has 1 fully saturated rings. The number of anilines is 1. The number of carbonyl (C=O) groups excluding carboxylic acids is 2. The molecule has 1 aliphatic rings. The zero-order chi connectivity index (χ0) is 24.3. The Hall–Kier alpha value is -3.30. The van der Waals surface area contributed by atoms with Crippen molar-refractivity contribution in [2.45, 2.75) is 65.6 Å². The molecular formula is C23H33N5O5. The predicted molar refractivity (Wildman–Crippen MR) is 126 cm³/mol. The fraction of sp³-hybridized carbons (Fsp3) is 0.565. The molecule has 1 amide bonds. The highest BCUT2D eigenvalue weighted by molar-refractivity contribution is 6.08. The molecule has 1 aliphatic heterocycles. The molecule has 3 heterocycles. The van der Waals surface area contributed by atoms with Crippen molar-refractivity contribution in [2.75, 3.05) is 25.1 Å². The van der Waals surface area contributed by atoms with Crippen LogP contribution in [0.2, 0.25) is 0 Å². The van der Waals surface area contributed by atoms with Gasteiger partial charge in [0.2, 0.25) is 0 Å². The van der Waals surface area contributed by atoms with Crippen LogP contribution in [0.15, 0.2) is 22.8 Å². The molecule has 2 aromatic rings. The van der Waals surface area contributed by atoms with Crippen LogP contribution in [-0.4, -0.2) is 58.4 Å². The summed E-state index contributed by atoms with van der Waals surface area (Å²) in [5.74, 6) is 0.000476. The van der Waals surface area contributed by atoms with Gasteiger partial charge in [0.25, 0.3) is 5.56 Å². The number of H-pyrrole nitrogens is 1. The first-order valence-corrected chi connectivity index (χ1v) is 11.1. The van der Waals surface area contributed by atoms with Gasteiger partial charge in [-0.1, -0.05) is 11.6 Å². The average molecular weight is 460 g/mol. The van der Waals surface area contributed by atoms with Crippen LogP contribution in [0.1, 0.15) is 57.8 Å². The Labute approximate surface area is 193 Å². The molecule has 10 nitrogen and oxygen atoms in total. The summed E-state index contributed by atoms with van der Waals surface area (Å²) < 4.78 is 12.3. The number of methoxy groups -OCH3 is 1. The third-order valence-electron chi connectivity index (χ3n) is 5.33. The van der Waals surface area contributed by atoms with Crippen LogP contribution < -0.4 is 15.8 Å². The van der Waals surface area contributed by atoms with E-state index in [1.807, 2.05) is 45.6 Å². The van der Waals surface area contributed by atoms with Gasteiger partial charge in [0, 0.05) is 25.7 Å². The summed E-state index contributed by atoms with van der Waals surface area (Å²) in [5.41, 5.74) is 1.00. The number of nitrogens with zero attached hydrogens (tertiary/aromatic N) is 3. The van der Waals surface area contributed by atoms with Gasteiger partial charge in [0.15, 0.2) is 0 Å². The van der Waals surface area contributed by atoms with E-state index in [1.54, 1.807) is 4.57 Å². The van der Waals surface area contributed by atoms with Crippen LogP contribution in [0, 0.1) is 0 Å². The van der Waals surface area contributed by atoms with Gasteiger partial charge in [0.05, 0.1) is 13.4 Å². The first-order valence-electron chi connectivity index (χ1n) is 11.1. The number of hydrogen-bond acceptors (Lipinski definition) is 7. The highest BCUT2D eigenvalue weighted by atomic mass is 16.6. The van der Waals surface area contributed by atoms with E-state index in [2.05, 4.69) is 15.3 Å². The lowest BCUT2D eigenvalue weighted by molar-refractivity contribution is 0.0498. The van der Waals surface area contributed by atoms with Crippen molar-refractivity contribution in [3.05, 3.63) is 33.9 Å². The summed E-state index contributed by atoms with van der Waals surface area (Å²) in [6.45, 7) is 10.9. The molecule has 3 rings (SSSR count). The van der Waals surface area contributed by atoms with E-state index in [1.165, 1.54) is 13.4 Å². The number of esters is 1. The topological polar surface area (TPSA) is 119 Å². The van der Waals surface area contributed by atoms with Crippen LogP contribution in [-0.2, 0) is 16.0 Å². The summed E-state index contributed by atoms with van der Waals surface area (Å²) >= 11 is 0. The zero-order valence-corrected chi connectivity index (χ0v) is 20.2. The van der Waals surface area contributed by atoms with Crippen molar-refractivity contribution in [1.82, 2.24) is 19.9 Å². The molecule has 0 spiro atoms. The Morgan fingerprint density at radius 1 is 1.33 bits per heavy atom. The maximum absolute atomic E-state index is 12.9. The van der Waals surface area contributed by atoms with E-state index in [0.717, 1.165) is 18.4 Å². The Bertz CT molecular complexity index is 1120. The number of piperidine rings is 1. The van der Waals surface area contributed by atoms with Crippen molar-refractivity contribution in [3.63, 3.8) is 0 Å². The standard InChI is InChI=1S/C23H33N5O5/c1-14(2)9-11-28-18-17(24-13-25-19(18)29)16(21(30)32-6)20(28)27-10-7-8-15(12-27)26-22(31)33-23(3,4)5/h9,13,15H,7-8,10-12H2,1-6H3,(H,26,31)(H,24,25,29). The average Bonchev–Trinajstić information content (AvgIpc) is 3.06. The first-order chi connectivity index (χ1) is 15.5. The van der Waals surface area contributed by atoms with Crippen molar-refractivity contribution < 1.29 is 19.1 Å².